The summed E-state index contributed by atoms with van der Waals surface area (Å²) in [5.74, 6) is 1.13. The summed E-state index contributed by atoms with van der Waals surface area (Å²) >= 11 is 0. The number of rotatable bonds is 4. The summed E-state index contributed by atoms with van der Waals surface area (Å²) in [6.45, 7) is 1.99. The van der Waals surface area contributed by atoms with Crippen LogP contribution in [-0.2, 0) is 0 Å². The first-order chi connectivity index (χ1) is 8.24. The van der Waals surface area contributed by atoms with E-state index in [9.17, 15) is 5.02 Å². The summed E-state index contributed by atoms with van der Waals surface area (Å²) in [6, 6.07) is 16.4. The first kappa shape index (κ1) is 11.5. The quantitative estimate of drug-likeness (QED) is 0.816. The smallest absolute Gasteiger partial charge is 0.501 e. The van der Waals surface area contributed by atoms with Gasteiger partial charge in [0.25, 0.3) is 0 Å². The van der Waals surface area contributed by atoms with Gasteiger partial charge in [-0.1, -0.05) is 35.9 Å². The number of benzene rings is 2. The molecule has 3 nitrogen and oxygen atoms in total. The minimum absolute atomic E-state index is 0.562. The summed E-state index contributed by atoms with van der Waals surface area (Å²) in [4.78, 5) is 0. The molecule has 0 saturated heterocycles. The van der Waals surface area contributed by atoms with Crippen LogP contribution in [0.3, 0.4) is 0 Å². The summed E-state index contributed by atoms with van der Waals surface area (Å²) in [5.41, 5.74) is 1.14. The predicted molar refractivity (Wildman–Crippen MR) is 66.8 cm³/mol. The van der Waals surface area contributed by atoms with Gasteiger partial charge in [-0.25, -0.2) is 0 Å². The Hall–Kier alpha value is -1.94. The molecule has 0 saturated carbocycles. The molecule has 17 heavy (non-hydrogen) atoms. The fraction of sp³-hybridized carbons (Fsp3) is 0.0769. The average Bonchev–Trinajstić information content (AvgIpc) is 2.33. The van der Waals surface area contributed by atoms with E-state index in [2.05, 4.69) is 0 Å². The molecule has 0 amide bonds. The highest BCUT2D eigenvalue weighted by atomic mass is 16.7. The molecule has 1 N–H and O–H groups in total. The number of para-hydroxylation sites is 1. The Kier molecular flexibility index (Phi) is 3.68. The maximum Gasteiger partial charge on any atom is 0.785 e. The van der Waals surface area contributed by atoms with Crippen LogP contribution in [0.1, 0.15) is 5.56 Å². The molecule has 0 radical (unpaired) electrons. The van der Waals surface area contributed by atoms with Gasteiger partial charge in [0.05, 0.1) is 0 Å². The minimum Gasteiger partial charge on any atom is -0.501 e. The van der Waals surface area contributed by atoms with Gasteiger partial charge < -0.3 is 14.3 Å². The molecule has 0 bridgehead atoms. The van der Waals surface area contributed by atoms with Crippen molar-refractivity contribution in [2.75, 3.05) is 0 Å². The van der Waals surface area contributed by atoms with Crippen molar-refractivity contribution in [2.45, 2.75) is 6.92 Å². The fourth-order valence-electron chi connectivity index (χ4n) is 1.37. The Balaban J connectivity index is 1.93. The summed E-state index contributed by atoms with van der Waals surface area (Å²) in [5, 5.41) is 9.58. The minimum atomic E-state index is -1.31. The Morgan fingerprint density at radius 2 is 1.35 bits per heavy atom. The molecular formula is C13H13BO3. The Labute approximate surface area is 101 Å². The third-order valence-electron chi connectivity index (χ3n) is 2.24. The van der Waals surface area contributed by atoms with Gasteiger partial charge in [-0.15, -0.1) is 0 Å². The van der Waals surface area contributed by atoms with E-state index in [1.807, 2.05) is 37.3 Å². The lowest BCUT2D eigenvalue weighted by atomic mass is 10.2. The van der Waals surface area contributed by atoms with Crippen molar-refractivity contribution in [3.63, 3.8) is 0 Å². The van der Waals surface area contributed by atoms with Crippen molar-refractivity contribution >= 4 is 7.32 Å². The first-order valence-electron chi connectivity index (χ1n) is 5.37. The Morgan fingerprint density at radius 1 is 0.824 bits per heavy atom. The van der Waals surface area contributed by atoms with E-state index < -0.39 is 7.32 Å². The molecule has 0 aliphatic rings. The summed E-state index contributed by atoms with van der Waals surface area (Å²) in [6.07, 6.45) is 0. The third-order valence-corrected chi connectivity index (χ3v) is 2.24. The van der Waals surface area contributed by atoms with Gasteiger partial charge >= 0.3 is 7.32 Å². The molecule has 0 atom stereocenters. The molecule has 86 valence electrons. The van der Waals surface area contributed by atoms with Gasteiger partial charge in [-0.3, -0.25) is 0 Å². The predicted octanol–water partition coefficient (Wildman–Crippen LogP) is 2.43. The maximum atomic E-state index is 9.58. The van der Waals surface area contributed by atoms with Gasteiger partial charge in [0.1, 0.15) is 11.5 Å². The van der Waals surface area contributed by atoms with E-state index in [0.29, 0.717) is 11.5 Å². The van der Waals surface area contributed by atoms with Crippen LogP contribution < -0.4 is 9.31 Å². The third kappa shape index (κ3) is 3.54. The van der Waals surface area contributed by atoms with Crippen molar-refractivity contribution in [3.8, 4) is 11.5 Å². The molecule has 0 fully saturated rings. The lowest BCUT2D eigenvalue weighted by Crippen LogP contribution is -2.29. The second-order valence-electron chi connectivity index (χ2n) is 3.67. The van der Waals surface area contributed by atoms with E-state index >= 15 is 0 Å². The molecular weight excluding hydrogens is 215 g/mol. The normalized spacial score (nSPS) is 9.76. The second-order valence-corrected chi connectivity index (χ2v) is 3.67. The highest BCUT2D eigenvalue weighted by molar-refractivity contribution is 6.36. The van der Waals surface area contributed by atoms with Gasteiger partial charge in [-0.05, 0) is 31.2 Å². The molecule has 2 aromatic rings. The van der Waals surface area contributed by atoms with Crippen LogP contribution in [-0.4, -0.2) is 12.3 Å². The van der Waals surface area contributed by atoms with E-state index in [-0.39, 0.29) is 0 Å². The van der Waals surface area contributed by atoms with Crippen LogP contribution in [0.4, 0.5) is 0 Å². The van der Waals surface area contributed by atoms with Crippen LogP contribution >= 0.6 is 0 Å². The van der Waals surface area contributed by atoms with Crippen LogP contribution in [0.5, 0.6) is 11.5 Å². The lowest BCUT2D eigenvalue weighted by molar-refractivity contribution is 0.298. The van der Waals surface area contributed by atoms with Gasteiger partial charge in [0.2, 0.25) is 0 Å². The first-order valence-corrected chi connectivity index (χ1v) is 5.37. The molecule has 0 aromatic heterocycles. The standard InChI is InChI=1S/C13H13BO3/c1-11-7-9-13(10-8-11)17-14(15)16-12-5-3-2-4-6-12/h2-10,15H,1H3. The second kappa shape index (κ2) is 5.41. The zero-order chi connectivity index (χ0) is 12.1. The maximum absolute atomic E-state index is 9.58. The van der Waals surface area contributed by atoms with Crippen LogP contribution in [0.25, 0.3) is 0 Å². The number of aryl methyl sites for hydroxylation is 1. The zero-order valence-corrected chi connectivity index (χ0v) is 9.54. The summed E-state index contributed by atoms with van der Waals surface area (Å²) in [7, 11) is -1.31. The Bertz CT molecular complexity index is 456. The average molecular weight is 228 g/mol. The van der Waals surface area contributed by atoms with Crippen LogP contribution in [0.15, 0.2) is 54.6 Å². The largest absolute Gasteiger partial charge is 0.785 e. The van der Waals surface area contributed by atoms with Crippen molar-refractivity contribution in [3.05, 3.63) is 60.2 Å². The van der Waals surface area contributed by atoms with Crippen molar-refractivity contribution in [1.29, 1.82) is 0 Å². The molecule has 0 spiro atoms. The van der Waals surface area contributed by atoms with Crippen molar-refractivity contribution < 1.29 is 14.3 Å². The fourth-order valence-corrected chi connectivity index (χ4v) is 1.37. The van der Waals surface area contributed by atoms with E-state index in [0.717, 1.165) is 5.56 Å². The van der Waals surface area contributed by atoms with Gasteiger partial charge in [-0.2, -0.15) is 0 Å². The van der Waals surface area contributed by atoms with Gasteiger partial charge in [0.15, 0.2) is 0 Å². The van der Waals surface area contributed by atoms with E-state index in [1.165, 1.54) is 0 Å². The summed E-state index contributed by atoms with van der Waals surface area (Å²) < 4.78 is 10.4. The van der Waals surface area contributed by atoms with Crippen LogP contribution in [0, 0.1) is 6.92 Å². The molecule has 4 heteroatoms. The van der Waals surface area contributed by atoms with Crippen LogP contribution in [0.2, 0.25) is 0 Å². The molecule has 0 aliphatic heterocycles. The highest BCUT2D eigenvalue weighted by Gasteiger charge is 2.20. The molecule has 2 rings (SSSR count). The topological polar surface area (TPSA) is 38.7 Å². The SMILES string of the molecule is Cc1ccc(OB(O)Oc2ccccc2)cc1. The lowest BCUT2D eigenvalue weighted by Gasteiger charge is -2.10. The number of hydrogen-bond acceptors (Lipinski definition) is 3. The van der Waals surface area contributed by atoms with Gasteiger partial charge in [0, 0.05) is 0 Å². The molecule has 2 aromatic carbocycles. The van der Waals surface area contributed by atoms with E-state index in [1.54, 1.807) is 24.3 Å². The Morgan fingerprint density at radius 3 is 1.94 bits per heavy atom. The van der Waals surface area contributed by atoms with E-state index in [4.69, 9.17) is 9.31 Å². The van der Waals surface area contributed by atoms with Crippen molar-refractivity contribution in [2.24, 2.45) is 0 Å². The number of hydrogen-bond donors (Lipinski definition) is 1. The molecule has 0 unspecified atom stereocenters. The zero-order valence-electron chi connectivity index (χ0n) is 9.54. The highest BCUT2D eigenvalue weighted by Crippen LogP contribution is 2.14. The van der Waals surface area contributed by atoms with Crippen molar-refractivity contribution in [1.82, 2.24) is 0 Å². The monoisotopic (exact) mass is 228 g/mol. The molecule has 0 heterocycles. The molecule has 0 aliphatic carbocycles.